The van der Waals surface area contributed by atoms with E-state index in [0.717, 1.165) is 35.0 Å². The van der Waals surface area contributed by atoms with Gasteiger partial charge in [0.25, 0.3) is 0 Å². The van der Waals surface area contributed by atoms with E-state index in [-0.39, 0.29) is 48.6 Å². The minimum Gasteiger partial charge on any atom is -0.373 e. The highest BCUT2D eigenvalue weighted by molar-refractivity contribution is 14.0. The maximum Gasteiger partial charge on any atom is 0.243 e. The summed E-state index contributed by atoms with van der Waals surface area (Å²) in [5.74, 6) is 0.528. The molecule has 2 bridgehead atoms. The Kier molecular flexibility index (Phi) is 7.51. The predicted octanol–water partition coefficient (Wildman–Crippen LogP) is 2.80. The van der Waals surface area contributed by atoms with Crippen LogP contribution in [0, 0.1) is 6.92 Å². The van der Waals surface area contributed by atoms with Gasteiger partial charge in [0.05, 0.1) is 24.8 Å². The normalized spacial score (nSPS) is 24.6. The Labute approximate surface area is 173 Å². The van der Waals surface area contributed by atoms with Crippen LogP contribution >= 0.6 is 39.9 Å². The quantitative estimate of drug-likeness (QED) is 0.323. The monoisotopic (exact) mass is 522 g/mol. The van der Waals surface area contributed by atoms with Gasteiger partial charge in [-0.2, -0.15) is 0 Å². The lowest BCUT2D eigenvalue weighted by Gasteiger charge is -2.22. The summed E-state index contributed by atoms with van der Waals surface area (Å²) in [6, 6.07) is 6.09. The highest BCUT2D eigenvalue weighted by Gasteiger charge is 2.41. The average Bonchev–Trinajstić information content (AvgIpc) is 3.17. The number of ether oxygens (including phenoxy) is 1. The second-order valence-corrected chi connectivity index (χ2v) is 7.21. The number of hydrogen-bond acceptors (Lipinski definition) is 3. The van der Waals surface area contributed by atoms with Crippen molar-refractivity contribution < 1.29 is 9.53 Å². The fraction of sp³-hybridized carbons (Fsp3) is 0.529. The molecule has 3 atom stereocenters. The van der Waals surface area contributed by atoms with Gasteiger partial charge in [0, 0.05) is 17.2 Å². The predicted molar refractivity (Wildman–Crippen MR) is 114 cm³/mol. The zero-order chi connectivity index (χ0) is 17.1. The van der Waals surface area contributed by atoms with Crippen LogP contribution in [0.3, 0.4) is 0 Å². The summed E-state index contributed by atoms with van der Waals surface area (Å²) in [6.45, 7) is 2.12. The number of anilines is 1. The van der Waals surface area contributed by atoms with Gasteiger partial charge >= 0.3 is 0 Å². The molecule has 0 radical (unpaired) electrons. The van der Waals surface area contributed by atoms with Crippen molar-refractivity contribution in [2.45, 2.75) is 44.4 Å². The summed E-state index contributed by atoms with van der Waals surface area (Å²) < 4.78 is 6.77. The molecule has 0 spiro atoms. The Morgan fingerprint density at radius 1 is 1.40 bits per heavy atom. The first-order valence-electron chi connectivity index (χ1n) is 8.24. The Morgan fingerprint density at radius 3 is 2.84 bits per heavy atom. The number of hydrogen-bond donors (Lipinski definition) is 3. The third kappa shape index (κ3) is 5.30. The highest BCUT2D eigenvalue weighted by Crippen LogP contribution is 2.34. The van der Waals surface area contributed by atoms with Crippen LogP contribution in [0.2, 0.25) is 0 Å². The van der Waals surface area contributed by atoms with Crippen molar-refractivity contribution in [3.63, 3.8) is 0 Å². The first-order valence-corrected chi connectivity index (χ1v) is 9.03. The number of guanidine groups is 1. The lowest BCUT2D eigenvalue weighted by atomic mass is 9.96. The molecule has 6 nitrogen and oxygen atoms in total. The van der Waals surface area contributed by atoms with E-state index in [9.17, 15) is 4.79 Å². The van der Waals surface area contributed by atoms with Crippen LogP contribution in [0.4, 0.5) is 5.69 Å². The van der Waals surface area contributed by atoms with Gasteiger partial charge in [-0.15, -0.1) is 24.0 Å². The molecular formula is C17H24BrIN4O2. The number of benzene rings is 1. The van der Waals surface area contributed by atoms with Crippen molar-refractivity contribution in [2.24, 2.45) is 4.99 Å². The number of fused-ring (bicyclic) bond motifs is 2. The van der Waals surface area contributed by atoms with Gasteiger partial charge in [0.2, 0.25) is 5.91 Å². The minimum atomic E-state index is -0.108. The first-order chi connectivity index (χ1) is 11.5. The summed E-state index contributed by atoms with van der Waals surface area (Å²) in [5, 5.41) is 9.34. The van der Waals surface area contributed by atoms with Gasteiger partial charge in [-0.3, -0.25) is 9.79 Å². The molecule has 0 aromatic heterocycles. The summed E-state index contributed by atoms with van der Waals surface area (Å²) in [6.07, 6.45) is 3.92. The zero-order valence-corrected chi connectivity index (χ0v) is 18.3. The molecule has 3 N–H and O–H groups in total. The van der Waals surface area contributed by atoms with E-state index in [1.54, 1.807) is 7.05 Å². The Hall–Kier alpha value is -0.870. The Bertz CT molecular complexity index is 656. The summed E-state index contributed by atoms with van der Waals surface area (Å²) >= 11 is 3.42. The van der Waals surface area contributed by atoms with Gasteiger partial charge in [-0.25, -0.2) is 0 Å². The van der Waals surface area contributed by atoms with Crippen molar-refractivity contribution in [2.75, 3.05) is 18.9 Å². The lowest BCUT2D eigenvalue weighted by Crippen LogP contribution is -2.49. The minimum absolute atomic E-state index is 0. The van der Waals surface area contributed by atoms with Crippen LogP contribution in [0.25, 0.3) is 0 Å². The third-order valence-corrected chi connectivity index (χ3v) is 5.04. The molecule has 3 unspecified atom stereocenters. The van der Waals surface area contributed by atoms with Gasteiger partial charge in [0.15, 0.2) is 5.96 Å². The number of rotatable bonds is 4. The van der Waals surface area contributed by atoms with Crippen LogP contribution < -0.4 is 16.0 Å². The van der Waals surface area contributed by atoms with Gasteiger partial charge < -0.3 is 20.7 Å². The third-order valence-electron chi connectivity index (χ3n) is 4.54. The van der Waals surface area contributed by atoms with E-state index in [0.29, 0.717) is 12.1 Å². The van der Waals surface area contributed by atoms with Crippen molar-refractivity contribution in [1.29, 1.82) is 0 Å². The van der Waals surface area contributed by atoms with E-state index in [2.05, 4.69) is 36.9 Å². The summed E-state index contributed by atoms with van der Waals surface area (Å²) in [4.78, 5) is 16.4. The molecule has 8 heteroatoms. The van der Waals surface area contributed by atoms with Crippen LogP contribution in [0.5, 0.6) is 0 Å². The second kappa shape index (κ2) is 9.18. The summed E-state index contributed by atoms with van der Waals surface area (Å²) in [5.41, 5.74) is 1.83. The van der Waals surface area contributed by atoms with Crippen molar-refractivity contribution in [3.8, 4) is 0 Å². The lowest BCUT2D eigenvalue weighted by molar-refractivity contribution is -0.115. The molecule has 138 valence electrons. The number of aryl methyl sites for hydroxylation is 1. The Balaban J connectivity index is 0.00000225. The molecule has 2 aliphatic rings. The van der Waals surface area contributed by atoms with E-state index in [1.165, 1.54) is 0 Å². The number of carbonyl (C=O) groups is 1. The number of halogens is 2. The molecule has 2 saturated heterocycles. The molecule has 2 heterocycles. The molecule has 0 aliphatic carbocycles. The fourth-order valence-corrected chi connectivity index (χ4v) is 3.61. The largest absolute Gasteiger partial charge is 0.373 e. The van der Waals surface area contributed by atoms with E-state index in [4.69, 9.17) is 4.74 Å². The number of nitrogens with zero attached hydrogens (tertiary/aromatic N) is 1. The van der Waals surface area contributed by atoms with Crippen LogP contribution in [-0.4, -0.2) is 43.7 Å². The number of amides is 1. The van der Waals surface area contributed by atoms with Gasteiger partial charge in [-0.1, -0.05) is 22.0 Å². The van der Waals surface area contributed by atoms with Gasteiger partial charge in [-0.05, 0) is 43.9 Å². The molecule has 2 fully saturated rings. The molecular weight excluding hydrogens is 499 g/mol. The van der Waals surface area contributed by atoms with E-state index in [1.807, 2.05) is 25.1 Å². The SMILES string of the molecule is CN=C(NCC(=O)Nc1cc(Br)ccc1C)NC1CC2CCC1O2.I. The maximum absolute atomic E-state index is 12.2. The van der Waals surface area contributed by atoms with Gasteiger partial charge in [0.1, 0.15) is 0 Å². The number of carbonyl (C=O) groups excluding carboxylic acids is 1. The molecule has 1 amide bonds. The van der Waals surface area contributed by atoms with Crippen molar-refractivity contribution >= 4 is 57.5 Å². The summed E-state index contributed by atoms with van der Waals surface area (Å²) in [7, 11) is 1.71. The standard InChI is InChI=1S/C17H23BrN4O2.HI/c1-10-3-4-11(18)7-13(10)21-16(23)9-20-17(19-2)22-14-8-12-5-6-15(14)24-12;/h3-4,7,12,14-15H,5-6,8-9H2,1-2H3,(H,21,23)(H2,19,20,22);1H. The Morgan fingerprint density at radius 2 is 2.20 bits per heavy atom. The molecule has 3 rings (SSSR count). The first kappa shape index (κ1) is 20.4. The number of nitrogens with one attached hydrogen (secondary N) is 3. The molecule has 1 aromatic carbocycles. The fourth-order valence-electron chi connectivity index (χ4n) is 3.25. The number of aliphatic imine (C=N–C) groups is 1. The maximum atomic E-state index is 12.2. The van der Waals surface area contributed by atoms with Crippen LogP contribution in [0.1, 0.15) is 24.8 Å². The topological polar surface area (TPSA) is 74.8 Å². The molecule has 0 saturated carbocycles. The van der Waals surface area contributed by atoms with E-state index < -0.39 is 0 Å². The second-order valence-electron chi connectivity index (χ2n) is 6.29. The molecule has 25 heavy (non-hydrogen) atoms. The smallest absolute Gasteiger partial charge is 0.243 e. The van der Waals surface area contributed by atoms with E-state index >= 15 is 0 Å². The average molecular weight is 523 g/mol. The molecule has 1 aromatic rings. The van der Waals surface area contributed by atoms with Crippen molar-refractivity contribution in [1.82, 2.24) is 10.6 Å². The molecule has 2 aliphatic heterocycles. The van der Waals surface area contributed by atoms with Crippen molar-refractivity contribution in [3.05, 3.63) is 28.2 Å². The zero-order valence-electron chi connectivity index (χ0n) is 14.3. The highest BCUT2D eigenvalue weighted by atomic mass is 127. The van der Waals surface area contributed by atoms with Crippen LogP contribution in [-0.2, 0) is 9.53 Å². The van der Waals surface area contributed by atoms with Crippen LogP contribution in [0.15, 0.2) is 27.7 Å².